The number of aromatic nitrogens is 2. The van der Waals surface area contributed by atoms with Crippen LogP contribution in [0, 0.1) is 5.92 Å². The molecule has 3 heterocycles. The Morgan fingerprint density at radius 2 is 2.29 bits per heavy atom. The van der Waals surface area contributed by atoms with Gasteiger partial charge >= 0.3 is 0 Å². The Morgan fingerprint density at radius 3 is 2.81 bits per heavy atom. The van der Waals surface area contributed by atoms with E-state index < -0.39 is 0 Å². The molecule has 0 saturated carbocycles. The molecule has 6 heteroatoms. The third kappa shape index (κ3) is 2.79. The number of nitrogens with one attached hydrogen (secondary N) is 1. The topological polar surface area (TPSA) is 65.1 Å². The lowest BCUT2D eigenvalue weighted by atomic mass is 9.82. The molecule has 1 aromatic heterocycles. The third-order valence-electron chi connectivity index (χ3n) is 4.99. The minimum Gasteiger partial charge on any atom is -0.375 e. The minimum absolute atomic E-state index is 0.253. The second-order valence-corrected chi connectivity index (χ2v) is 6.92. The summed E-state index contributed by atoms with van der Waals surface area (Å²) >= 11 is 3.73. The Morgan fingerprint density at radius 1 is 1.48 bits per heavy atom. The average Bonchev–Trinajstić information content (AvgIpc) is 3.19. The van der Waals surface area contributed by atoms with Crippen molar-refractivity contribution in [3.05, 3.63) is 15.9 Å². The van der Waals surface area contributed by atoms with Crippen LogP contribution < -0.4 is 11.3 Å². The summed E-state index contributed by atoms with van der Waals surface area (Å²) in [6, 6.07) is 0.253. The zero-order valence-electron chi connectivity index (χ0n) is 12.8. The lowest BCUT2D eigenvalue weighted by Gasteiger charge is -2.28. The van der Waals surface area contributed by atoms with Gasteiger partial charge in [0, 0.05) is 24.9 Å². The van der Waals surface area contributed by atoms with Crippen LogP contribution in [0.1, 0.15) is 44.5 Å². The van der Waals surface area contributed by atoms with Crippen LogP contribution in [-0.2, 0) is 24.1 Å². The molecule has 0 spiro atoms. The monoisotopic (exact) mass is 356 g/mol. The van der Waals surface area contributed by atoms with Gasteiger partial charge in [0.1, 0.15) is 0 Å². The number of hydrazine groups is 1. The van der Waals surface area contributed by atoms with Crippen molar-refractivity contribution in [1.29, 1.82) is 0 Å². The van der Waals surface area contributed by atoms with E-state index in [1.54, 1.807) is 0 Å². The van der Waals surface area contributed by atoms with Crippen LogP contribution in [0.4, 0.5) is 0 Å². The molecule has 2 aliphatic rings. The van der Waals surface area contributed by atoms with Crippen molar-refractivity contribution in [1.82, 2.24) is 15.2 Å². The largest absolute Gasteiger partial charge is 0.375 e. The zero-order chi connectivity index (χ0) is 15.0. The first-order valence-electron chi connectivity index (χ1n) is 8.03. The molecule has 3 rings (SSSR count). The Balaban J connectivity index is 1.79. The van der Waals surface area contributed by atoms with E-state index in [2.05, 4.69) is 45.0 Å². The van der Waals surface area contributed by atoms with Gasteiger partial charge in [0.2, 0.25) is 0 Å². The standard InChI is InChI=1S/C15H25BrN4O/c1-3-11-15(16)13(20(4-2)19-11)8-12(18-17)10-7-9-5-6-14(10)21-9/h9-10,12,14,18H,3-8,17H2,1-2H3. The first-order chi connectivity index (χ1) is 10.2. The molecule has 5 nitrogen and oxygen atoms in total. The third-order valence-corrected chi connectivity index (χ3v) is 5.91. The number of nitrogens with two attached hydrogens (primary N) is 1. The smallest absolute Gasteiger partial charge is 0.0766 e. The fourth-order valence-electron chi connectivity index (χ4n) is 3.86. The summed E-state index contributed by atoms with van der Waals surface area (Å²) in [6.45, 7) is 5.16. The molecule has 4 atom stereocenters. The van der Waals surface area contributed by atoms with Crippen molar-refractivity contribution < 1.29 is 4.74 Å². The summed E-state index contributed by atoms with van der Waals surface area (Å²) < 4.78 is 9.24. The maximum atomic E-state index is 5.99. The molecule has 0 aromatic carbocycles. The summed E-state index contributed by atoms with van der Waals surface area (Å²) in [5.74, 6) is 6.38. The molecule has 2 aliphatic heterocycles. The van der Waals surface area contributed by atoms with E-state index in [0.29, 0.717) is 18.1 Å². The highest BCUT2D eigenvalue weighted by Crippen LogP contribution is 2.41. The van der Waals surface area contributed by atoms with Crippen molar-refractivity contribution in [2.45, 2.75) is 70.7 Å². The molecule has 0 aliphatic carbocycles. The van der Waals surface area contributed by atoms with Gasteiger partial charge in [-0.1, -0.05) is 6.92 Å². The van der Waals surface area contributed by atoms with E-state index >= 15 is 0 Å². The molecular formula is C15H25BrN4O. The van der Waals surface area contributed by atoms with Gasteiger partial charge in [-0.3, -0.25) is 16.0 Å². The van der Waals surface area contributed by atoms with Crippen molar-refractivity contribution in [3.8, 4) is 0 Å². The zero-order valence-corrected chi connectivity index (χ0v) is 14.4. The van der Waals surface area contributed by atoms with Crippen molar-refractivity contribution >= 4 is 15.9 Å². The second-order valence-electron chi connectivity index (χ2n) is 6.13. The summed E-state index contributed by atoms with van der Waals surface area (Å²) in [5, 5.41) is 4.68. The number of fused-ring (bicyclic) bond motifs is 2. The minimum atomic E-state index is 0.253. The average molecular weight is 357 g/mol. The molecule has 2 saturated heterocycles. The molecule has 118 valence electrons. The Labute approximate surface area is 134 Å². The van der Waals surface area contributed by atoms with Crippen LogP contribution in [0.3, 0.4) is 0 Å². The number of aryl methyl sites for hydroxylation is 2. The molecule has 0 radical (unpaired) electrons. The maximum absolute atomic E-state index is 5.99. The van der Waals surface area contributed by atoms with Gasteiger partial charge in [0.15, 0.2) is 0 Å². The van der Waals surface area contributed by atoms with E-state index in [1.807, 2.05) is 0 Å². The fourth-order valence-corrected chi connectivity index (χ4v) is 4.58. The van der Waals surface area contributed by atoms with E-state index in [9.17, 15) is 0 Å². The van der Waals surface area contributed by atoms with E-state index in [-0.39, 0.29) is 6.04 Å². The summed E-state index contributed by atoms with van der Waals surface area (Å²) in [7, 11) is 0. The fraction of sp³-hybridized carbons (Fsp3) is 0.800. The van der Waals surface area contributed by atoms with Crippen LogP contribution in [0.15, 0.2) is 4.47 Å². The van der Waals surface area contributed by atoms with E-state index in [4.69, 9.17) is 10.6 Å². The number of hydrogen-bond acceptors (Lipinski definition) is 4. The summed E-state index contributed by atoms with van der Waals surface area (Å²) in [6.07, 6.45) is 6.22. The molecule has 4 unspecified atom stereocenters. The van der Waals surface area contributed by atoms with Crippen LogP contribution >= 0.6 is 15.9 Å². The normalized spacial score (nSPS) is 29.2. The van der Waals surface area contributed by atoms with Crippen molar-refractivity contribution in [2.24, 2.45) is 11.8 Å². The van der Waals surface area contributed by atoms with Crippen LogP contribution in [-0.4, -0.2) is 28.0 Å². The van der Waals surface area contributed by atoms with E-state index in [1.165, 1.54) is 18.5 Å². The Kier molecular flexibility index (Phi) is 4.69. The van der Waals surface area contributed by atoms with Gasteiger partial charge in [-0.05, 0) is 48.5 Å². The van der Waals surface area contributed by atoms with Crippen LogP contribution in [0.25, 0.3) is 0 Å². The van der Waals surface area contributed by atoms with Crippen molar-refractivity contribution in [3.63, 3.8) is 0 Å². The molecule has 2 bridgehead atoms. The molecule has 3 N–H and O–H groups in total. The maximum Gasteiger partial charge on any atom is 0.0766 e. The lowest BCUT2D eigenvalue weighted by Crippen LogP contribution is -2.46. The lowest BCUT2D eigenvalue weighted by molar-refractivity contribution is 0.0855. The number of rotatable bonds is 6. The van der Waals surface area contributed by atoms with Crippen LogP contribution in [0.5, 0.6) is 0 Å². The number of ether oxygens (including phenoxy) is 1. The van der Waals surface area contributed by atoms with E-state index in [0.717, 1.165) is 36.0 Å². The summed E-state index contributed by atoms with van der Waals surface area (Å²) in [4.78, 5) is 0. The SMILES string of the molecule is CCc1nn(CC)c(CC(NN)C2CC3CCC2O3)c1Br. The number of halogens is 1. The highest BCUT2D eigenvalue weighted by Gasteiger charge is 2.44. The first kappa shape index (κ1) is 15.5. The second kappa shape index (κ2) is 6.36. The Hall–Kier alpha value is -0.430. The quantitative estimate of drug-likeness (QED) is 0.605. The van der Waals surface area contributed by atoms with Crippen molar-refractivity contribution in [2.75, 3.05) is 0 Å². The van der Waals surface area contributed by atoms with Gasteiger partial charge in [0.05, 0.1) is 28.1 Å². The highest BCUT2D eigenvalue weighted by molar-refractivity contribution is 9.10. The predicted molar refractivity (Wildman–Crippen MR) is 85.8 cm³/mol. The molecule has 21 heavy (non-hydrogen) atoms. The predicted octanol–water partition coefficient (Wildman–Crippen LogP) is 2.17. The Bertz CT molecular complexity index is 504. The number of hydrogen-bond donors (Lipinski definition) is 2. The molecular weight excluding hydrogens is 332 g/mol. The molecule has 2 fully saturated rings. The van der Waals surface area contributed by atoms with Gasteiger partial charge < -0.3 is 4.74 Å². The highest BCUT2D eigenvalue weighted by atomic mass is 79.9. The van der Waals surface area contributed by atoms with Gasteiger partial charge in [0.25, 0.3) is 0 Å². The number of nitrogens with zero attached hydrogens (tertiary/aromatic N) is 2. The molecule has 1 aromatic rings. The van der Waals surface area contributed by atoms with Gasteiger partial charge in [-0.25, -0.2) is 0 Å². The van der Waals surface area contributed by atoms with Crippen LogP contribution in [0.2, 0.25) is 0 Å². The van der Waals surface area contributed by atoms with Gasteiger partial charge in [-0.15, -0.1) is 0 Å². The molecule has 0 amide bonds. The summed E-state index contributed by atoms with van der Waals surface area (Å²) in [5.41, 5.74) is 5.42. The first-order valence-corrected chi connectivity index (χ1v) is 8.82. The van der Waals surface area contributed by atoms with Gasteiger partial charge in [-0.2, -0.15) is 5.10 Å².